The summed E-state index contributed by atoms with van der Waals surface area (Å²) in [6.07, 6.45) is 1.09. The largest absolute Gasteiger partial charge is 0.324 e. The van der Waals surface area contributed by atoms with E-state index >= 15 is 0 Å². The molecule has 8 heteroatoms. The van der Waals surface area contributed by atoms with Gasteiger partial charge in [0.25, 0.3) is 11.8 Å². The molecule has 146 valence electrons. The van der Waals surface area contributed by atoms with Gasteiger partial charge in [0, 0.05) is 11.9 Å². The highest BCUT2D eigenvalue weighted by atomic mass is 32.2. The normalized spacial score (nSPS) is 14.9. The third kappa shape index (κ3) is 3.55. The van der Waals surface area contributed by atoms with E-state index in [9.17, 15) is 22.8 Å². The molecule has 1 atom stereocenters. The first kappa shape index (κ1) is 19.8. The van der Waals surface area contributed by atoms with Crippen LogP contribution >= 0.6 is 0 Å². The summed E-state index contributed by atoms with van der Waals surface area (Å²) in [4.78, 5) is 39.5. The summed E-state index contributed by atoms with van der Waals surface area (Å²) in [6, 6.07) is 11.2. The zero-order valence-electron chi connectivity index (χ0n) is 15.7. The molecule has 1 aliphatic rings. The molecule has 0 aromatic heterocycles. The zero-order chi connectivity index (χ0) is 20.6. The van der Waals surface area contributed by atoms with Gasteiger partial charge in [-0.2, -0.15) is 0 Å². The van der Waals surface area contributed by atoms with Gasteiger partial charge >= 0.3 is 0 Å². The molecule has 1 heterocycles. The summed E-state index contributed by atoms with van der Waals surface area (Å²) in [5, 5.41) is 2.67. The molecule has 28 heavy (non-hydrogen) atoms. The Morgan fingerprint density at radius 1 is 0.929 bits per heavy atom. The van der Waals surface area contributed by atoms with Gasteiger partial charge in [-0.25, -0.2) is 8.42 Å². The van der Waals surface area contributed by atoms with Gasteiger partial charge in [0.1, 0.15) is 6.04 Å². The summed E-state index contributed by atoms with van der Waals surface area (Å²) < 4.78 is 23.1. The van der Waals surface area contributed by atoms with Crippen LogP contribution in [0.15, 0.2) is 53.4 Å². The second-order valence-electron chi connectivity index (χ2n) is 7.00. The average Bonchev–Trinajstić information content (AvgIpc) is 2.87. The molecule has 1 N–H and O–H groups in total. The fraction of sp³-hybridized carbons (Fsp3) is 0.250. The predicted molar refractivity (Wildman–Crippen MR) is 104 cm³/mol. The highest BCUT2D eigenvalue weighted by Gasteiger charge is 2.43. The molecule has 1 unspecified atom stereocenters. The lowest BCUT2D eigenvalue weighted by molar-refractivity contribution is -0.121. The number of benzene rings is 2. The Labute approximate surface area is 163 Å². The Kier molecular flexibility index (Phi) is 5.08. The van der Waals surface area contributed by atoms with Crippen molar-refractivity contribution < 1.29 is 22.8 Å². The monoisotopic (exact) mass is 400 g/mol. The third-order valence-corrected chi connectivity index (χ3v) is 5.68. The molecule has 0 saturated heterocycles. The molecule has 0 bridgehead atoms. The highest BCUT2D eigenvalue weighted by Crippen LogP contribution is 2.28. The number of carbonyl (C=O) groups is 3. The number of hydrogen-bond donors (Lipinski definition) is 1. The third-order valence-electron chi connectivity index (χ3n) is 4.55. The van der Waals surface area contributed by atoms with Crippen molar-refractivity contribution in [3.63, 3.8) is 0 Å². The molecule has 0 fully saturated rings. The van der Waals surface area contributed by atoms with E-state index in [4.69, 9.17) is 0 Å². The van der Waals surface area contributed by atoms with Gasteiger partial charge in [-0.3, -0.25) is 19.3 Å². The fourth-order valence-electron chi connectivity index (χ4n) is 3.18. The van der Waals surface area contributed by atoms with Gasteiger partial charge in [0.2, 0.25) is 5.91 Å². The van der Waals surface area contributed by atoms with Gasteiger partial charge in [0.05, 0.1) is 16.0 Å². The molecule has 0 spiro atoms. The summed E-state index contributed by atoms with van der Waals surface area (Å²) >= 11 is 0. The van der Waals surface area contributed by atoms with Crippen molar-refractivity contribution >= 4 is 33.2 Å². The van der Waals surface area contributed by atoms with E-state index in [1.807, 2.05) is 0 Å². The number of hydrogen-bond acceptors (Lipinski definition) is 5. The minimum atomic E-state index is -3.35. The number of rotatable bonds is 5. The lowest BCUT2D eigenvalue weighted by Crippen LogP contribution is -2.50. The molecule has 0 saturated carbocycles. The van der Waals surface area contributed by atoms with Crippen molar-refractivity contribution in [3.05, 3.63) is 59.7 Å². The number of nitrogens with zero attached hydrogens (tertiary/aromatic N) is 1. The van der Waals surface area contributed by atoms with Crippen LogP contribution in [0.1, 0.15) is 34.6 Å². The van der Waals surface area contributed by atoms with E-state index in [1.165, 1.54) is 24.3 Å². The molecule has 2 aromatic rings. The van der Waals surface area contributed by atoms with Gasteiger partial charge in [-0.15, -0.1) is 0 Å². The minimum absolute atomic E-state index is 0.131. The minimum Gasteiger partial charge on any atom is -0.324 e. The molecule has 1 aliphatic heterocycles. The van der Waals surface area contributed by atoms with E-state index < -0.39 is 33.6 Å². The maximum atomic E-state index is 12.9. The van der Waals surface area contributed by atoms with Gasteiger partial charge in [0.15, 0.2) is 9.84 Å². The van der Waals surface area contributed by atoms with Crippen molar-refractivity contribution in [2.24, 2.45) is 5.92 Å². The van der Waals surface area contributed by atoms with Crippen molar-refractivity contribution in [2.45, 2.75) is 24.8 Å². The quantitative estimate of drug-likeness (QED) is 0.777. The second kappa shape index (κ2) is 7.20. The number of amides is 3. The van der Waals surface area contributed by atoms with E-state index in [2.05, 4.69) is 5.32 Å². The van der Waals surface area contributed by atoms with E-state index in [0.29, 0.717) is 5.69 Å². The lowest BCUT2D eigenvalue weighted by atomic mass is 10.0. The first-order chi connectivity index (χ1) is 13.1. The van der Waals surface area contributed by atoms with Gasteiger partial charge in [-0.05, 0) is 42.3 Å². The van der Waals surface area contributed by atoms with Crippen molar-refractivity contribution in [3.8, 4) is 0 Å². The van der Waals surface area contributed by atoms with Gasteiger partial charge in [-0.1, -0.05) is 26.0 Å². The Morgan fingerprint density at radius 2 is 1.43 bits per heavy atom. The molecule has 7 nitrogen and oxygen atoms in total. The average molecular weight is 400 g/mol. The SMILES string of the molecule is CC(C)C(C(=O)Nc1ccc(S(C)(=O)=O)cc1)N1C(=O)c2ccccc2C1=O. The Morgan fingerprint density at radius 3 is 1.86 bits per heavy atom. The summed E-state index contributed by atoms with van der Waals surface area (Å²) in [5.41, 5.74) is 0.937. The Bertz CT molecular complexity index is 1020. The first-order valence-electron chi connectivity index (χ1n) is 8.69. The van der Waals surface area contributed by atoms with Crippen LogP contribution in [0.2, 0.25) is 0 Å². The van der Waals surface area contributed by atoms with Crippen molar-refractivity contribution in [1.82, 2.24) is 4.90 Å². The predicted octanol–water partition coefficient (Wildman–Crippen LogP) is 2.35. The van der Waals surface area contributed by atoms with Crippen LogP contribution in [0.5, 0.6) is 0 Å². The first-order valence-corrected chi connectivity index (χ1v) is 10.6. The van der Waals surface area contributed by atoms with Crippen LogP contribution in [0.4, 0.5) is 5.69 Å². The van der Waals surface area contributed by atoms with E-state index in [0.717, 1.165) is 11.2 Å². The molecule has 2 aromatic carbocycles. The second-order valence-corrected chi connectivity index (χ2v) is 9.02. The topological polar surface area (TPSA) is 101 Å². The van der Waals surface area contributed by atoms with Crippen LogP contribution < -0.4 is 5.32 Å². The number of fused-ring (bicyclic) bond motifs is 1. The molecule has 3 amide bonds. The summed E-state index contributed by atoms with van der Waals surface area (Å²) in [7, 11) is -3.35. The zero-order valence-corrected chi connectivity index (χ0v) is 16.5. The number of anilines is 1. The molecular weight excluding hydrogens is 380 g/mol. The van der Waals surface area contributed by atoms with E-state index in [1.54, 1.807) is 38.1 Å². The Balaban J connectivity index is 1.86. The van der Waals surface area contributed by atoms with Crippen LogP contribution in [0, 0.1) is 5.92 Å². The molecule has 0 aliphatic carbocycles. The van der Waals surface area contributed by atoms with E-state index in [-0.39, 0.29) is 21.9 Å². The van der Waals surface area contributed by atoms with Crippen molar-refractivity contribution in [2.75, 3.05) is 11.6 Å². The molecule has 3 rings (SSSR count). The Hall–Kier alpha value is -3.00. The maximum Gasteiger partial charge on any atom is 0.262 e. The van der Waals surface area contributed by atoms with Crippen molar-refractivity contribution in [1.29, 1.82) is 0 Å². The van der Waals surface area contributed by atoms with Crippen LogP contribution in [-0.4, -0.2) is 43.3 Å². The lowest BCUT2D eigenvalue weighted by Gasteiger charge is -2.28. The standard InChI is InChI=1S/C20H20N2O5S/c1-12(2)17(22-19(24)15-6-4-5-7-16(15)20(22)25)18(23)21-13-8-10-14(11-9-13)28(3,26)27/h4-12,17H,1-3H3,(H,21,23). The summed E-state index contributed by atoms with van der Waals surface area (Å²) in [5.74, 6) is -1.84. The maximum absolute atomic E-state index is 12.9. The number of sulfone groups is 1. The number of imide groups is 1. The summed E-state index contributed by atoms with van der Waals surface area (Å²) in [6.45, 7) is 3.50. The molecule has 0 radical (unpaired) electrons. The van der Waals surface area contributed by atoms with Crippen LogP contribution in [0.3, 0.4) is 0 Å². The van der Waals surface area contributed by atoms with Crippen LogP contribution in [0.25, 0.3) is 0 Å². The fourth-order valence-corrected chi connectivity index (χ4v) is 3.81. The highest BCUT2D eigenvalue weighted by molar-refractivity contribution is 7.90. The smallest absolute Gasteiger partial charge is 0.262 e. The molecular formula is C20H20N2O5S. The number of carbonyl (C=O) groups excluding carboxylic acids is 3. The van der Waals surface area contributed by atoms with Gasteiger partial charge < -0.3 is 5.32 Å². The number of nitrogens with one attached hydrogen (secondary N) is 1. The van der Waals surface area contributed by atoms with Crippen LogP contribution in [-0.2, 0) is 14.6 Å².